The van der Waals surface area contributed by atoms with Crippen molar-refractivity contribution in [3.05, 3.63) is 102 Å². The number of para-hydroxylation sites is 1. The Morgan fingerprint density at radius 1 is 0.760 bits per heavy atom. The first-order valence-corrected chi connectivity index (χ1v) is 8.26. The van der Waals surface area contributed by atoms with Gasteiger partial charge in [-0.05, 0) is 23.8 Å². The summed E-state index contributed by atoms with van der Waals surface area (Å²) in [7, 11) is 0. The summed E-state index contributed by atoms with van der Waals surface area (Å²) >= 11 is 0. The molecule has 1 unspecified atom stereocenters. The summed E-state index contributed by atoms with van der Waals surface area (Å²) in [6.07, 6.45) is 1.70. The monoisotopic (exact) mass is 326 g/mol. The van der Waals surface area contributed by atoms with Crippen LogP contribution in [-0.2, 0) is 0 Å². The van der Waals surface area contributed by atoms with E-state index in [4.69, 9.17) is 0 Å². The molecule has 1 aromatic heterocycles. The van der Waals surface area contributed by atoms with E-state index < -0.39 is 0 Å². The zero-order chi connectivity index (χ0) is 17.1. The van der Waals surface area contributed by atoms with Crippen molar-refractivity contribution in [2.75, 3.05) is 5.32 Å². The molecule has 0 aliphatic heterocycles. The number of phenols is 1. The lowest BCUT2D eigenvalue weighted by Gasteiger charge is -2.22. The SMILES string of the molecule is Oc1c(C(Nc2ccccc2)c2ccccc2)ccc2cccnc12. The van der Waals surface area contributed by atoms with Gasteiger partial charge in [-0.25, -0.2) is 0 Å². The van der Waals surface area contributed by atoms with E-state index in [0.717, 1.165) is 22.2 Å². The molecule has 3 aromatic carbocycles. The lowest BCUT2D eigenvalue weighted by Crippen LogP contribution is -2.12. The van der Waals surface area contributed by atoms with Crippen LogP contribution in [0.25, 0.3) is 10.9 Å². The minimum Gasteiger partial charge on any atom is -0.505 e. The molecule has 0 spiro atoms. The standard InChI is InChI=1S/C22H18N2O/c25-22-19(14-13-17-10-7-15-23-21(17)22)20(16-8-3-1-4-9-16)24-18-11-5-2-6-12-18/h1-15,20,24-25H. The molecule has 4 rings (SSSR count). The molecule has 0 bridgehead atoms. The second kappa shape index (κ2) is 6.65. The third-order valence-corrected chi connectivity index (χ3v) is 4.31. The van der Waals surface area contributed by atoms with Gasteiger partial charge in [0.1, 0.15) is 11.3 Å². The number of nitrogens with zero attached hydrogens (tertiary/aromatic N) is 1. The van der Waals surface area contributed by atoms with Gasteiger partial charge in [0.05, 0.1) is 6.04 Å². The summed E-state index contributed by atoms with van der Waals surface area (Å²) in [4.78, 5) is 4.35. The van der Waals surface area contributed by atoms with Crippen LogP contribution in [0.5, 0.6) is 5.75 Å². The average molecular weight is 326 g/mol. The summed E-state index contributed by atoms with van der Waals surface area (Å²) in [6.45, 7) is 0. The van der Waals surface area contributed by atoms with Crippen LogP contribution in [0.3, 0.4) is 0 Å². The molecule has 0 saturated carbocycles. The highest BCUT2D eigenvalue weighted by molar-refractivity contribution is 5.86. The Balaban J connectivity index is 1.85. The zero-order valence-electron chi connectivity index (χ0n) is 13.6. The number of nitrogens with one attached hydrogen (secondary N) is 1. The first-order valence-electron chi connectivity index (χ1n) is 8.26. The van der Waals surface area contributed by atoms with Crippen LogP contribution in [0, 0.1) is 0 Å². The summed E-state index contributed by atoms with van der Waals surface area (Å²) < 4.78 is 0. The van der Waals surface area contributed by atoms with E-state index >= 15 is 0 Å². The first kappa shape index (κ1) is 15.2. The van der Waals surface area contributed by atoms with Gasteiger partial charge >= 0.3 is 0 Å². The number of hydrogen-bond acceptors (Lipinski definition) is 3. The molecular weight excluding hydrogens is 308 g/mol. The molecule has 3 nitrogen and oxygen atoms in total. The zero-order valence-corrected chi connectivity index (χ0v) is 13.6. The van der Waals surface area contributed by atoms with Gasteiger partial charge in [0.25, 0.3) is 0 Å². The van der Waals surface area contributed by atoms with Crippen LogP contribution in [0.2, 0.25) is 0 Å². The van der Waals surface area contributed by atoms with Crippen molar-refractivity contribution in [2.45, 2.75) is 6.04 Å². The molecule has 4 aromatic rings. The largest absolute Gasteiger partial charge is 0.505 e. The van der Waals surface area contributed by atoms with Gasteiger partial charge in [-0.15, -0.1) is 0 Å². The van der Waals surface area contributed by atoms with Gasteiger partial charge in [0.15, 0.2) is 0 Å². The number of anilines is 1. The lowest BCUT2D eigenvalue weighted by molar-refractivity contribution is 0.472. The van der Waals surface area contributed by atoms with Crippen molar-refractivity contribution in [2.24, 2.45) is 0 Å². The summed E-state index contributed by atoms with van der Waals surface area (Å²) in [5.41, 5.74) is 3.51. The van der Waals surface area contributed by atoms with Crippen molar-refractivity contribution in [1.29, 1.82) is 0 Å². The summed E-state index contributed by atoms with van der Waals surface area (Å²) in [5, 5.41) is 15.3. The van der Waals surface area contributed by atoms with Crippen LogP contribution in [-0.4, -0.2) is 10.1 Å². The number of fused-ring (bicyclic) bond motifs is 1. The van der Waals surface area contributed by atoms with Crippen molar-refractivity contribution < 1.29 is 5.11 Å². The maximum Gasteiger partial charge on any atom is 0.147 e. The van der Waals surface area contributed by atoms with Crippen LogP contribution < -0.4 is 5.32 Å². The predicted molar refractivity (Wildman–Crippen MR) is 102 cm³/mol. The summed E-state index contributed by atoms with van der Waals surface area (Å²) in [6, 6.07) is 27.7. The van der Waals surface area contributed by atoms with Gasteiger partial charge in [0.2, 0.25) is 0 Å². The van der Waals surface area contributed by atoms with Gasteiger partial charge in [-0.1, -0.05) is 66.7 Å². The van der Waals surface area contributed by atoms with Crippen LogP contribution in [0.1, 0.15) is 17.2 Å². The molecule has 0 aliphatic carbocycles. The Morgan fingerprint density at radius 2 is 1.48 bits per heavy atom. The fourth-order valence-corrected chi connectivity index (χ4v) is 3.07. The first-order chi connectivity index (χ1) is 12.3. The molecule has 0 aliphatic rings. The Labute approximate surface area is 146 Å². The molecule has 2 N–H and O–H groups in total. The molecule has 1 heterocycles. The normalized spacial score (nSPS) is 12.0. The number of rotatable bonds is 4. The smallest absolute Gasteiger partial charge is 0.147 e. The maximum absolute atomic E-state index is 10.9. The van der Waals surface area contributed by atoms with E-state index in [2.05, 4.69) is 22.4 Å². The molecular formula is C22H18N2O. The minimum absolute atomic E-state index is 0.171. The molecule has 1 atom stereocenters. The van der Waals surface area contributed by atoms with Crippen molar-refractivity contribution in [3.8, 4) is 5.75 Å². The maximum atomic E-state index is 10.9. The van der Waals surface area contributed by atoms with Crippen LogP contribution >= 0.6 is 0 Å². The molecule has 122 valence electrons. The third kappa shape index (κ3) is 3.04. The molecule has 0 radical (unpaired) electrons. The van der Waals surface area contributed by atoms with Gasteiger partial charge in [-0.2, -0.15) is 0 Å². The fourth-order valence-electron chi connectivity index (χ4n) is 3.07. The number of hydrogen-bond donors (Lipinski definition) is 2. The molecule has 25 heavy (non-hydrogen) atoms. The van der Waals surface area contributed by atoms with Crippen LogP contribution in [0.15, 0.2) is 91.1 Å². The second-order valence-electron chi connectivity index (χ2n) is 5.93. The van der Waals surface area contributed by atoms with E-state index in [-0.39, 0.29) is 11.8 Å². The highest BCUT2D eigenvalue weighted by Crippen LogP contribution is 2.36. The number of benzene rings is 3. The second-order valence-corrected chi connectivity index (χ2v) is 5.93. The molecule has 0 saturated heterocycles. The highest BCUT2D eigenvalue weighted by atomic mass is 16.3. The third-order valence-electron chi connectivity index (χ3n) is 4.31. The topological polar surface area (TPSA) is 45.1 Å². The Kier molecular flexibility index (Phi) is 4.05. The average Bonchev–Trinajstić information content (AvgIpc) is 2.69. The van der Waals surface area contributed by atoms with E-state index in [1.54, 1.807) is 6.20 Å². The minimum atomic E-state index is -0.171. The molecule has 3 heteroatoms. The van der Waals surface area contributed by atoms with Crippen LogP contribution in [0.4, 0.5) is 5.69 Å². The number of aromatic nitrogens is 1. The van der Waals surface area contributed by atoms with E-state index in [9.17, 15) is 5.11 Å². The van der Waals surface area contributed by atoms with Gasteiger partial charge in [-0.3, -0.25) is 4.98 Å². The fraction of sp³-hybridized carbons (Fsp3) is 0.0455. The van der Waals surface area contributed by atoms with Crippen molar-refractivity contribution in [1.82, 2.24) is 4.98 Å². The number of aromatic hydroxyl groups is 1. The van der Waals surface area contributed by atoms with E-state index in [1.807, 2.05) is 72.8 Å². The van der Waals surface area contributed by atoms with E-state index in [1.165, 1.54) is 0 Å². The highest BCUT2D eigenvalue weighted by Gasteiger charge is 2.19. The molecule has 0 amide bonds. The number of phenolic OH excluding ortho intramolecular Hbond substituents is 1. The molecule has 0 fully saturated rings. The Bertz CT molecular complexity index is 984. The lowest BCUT2D eigenvalue weighted by atomic mass is 9.96. The van der Waals surface area contributed by atoms with E-state index in [0.29, 0.717) is 5.52 Å². The van der Waals surface area contributed by atoms with Crippen molar-refractivity contribution >= 4 is 16.6 Å². The summed E-state index contributed by atoms with van der Waals surface area (Å²) in [5.74, 6) is 0.218. The van der Waals surface area contributed by atoms with Crippen molar-refractivity contribution in [3.63, 3.8) is 0 Å². The Morgan fingerprint density at radius 3 is 2.24 bits per heavy atom. The van der Waals surface area contributed by atoms with Gasteiger partial charge in [0, 0.05) is 22.8 Å². The van der Waals surface area contributed by atoms with Gasteiger partial charge < -0.3 is 10.4 Å². The number of pyridine rings is 1. The predicted octanol–water partition coefficient (Wildman–Crippen LogP) is 5.14. The Hall–Kier alpha value is -3.33. The quantitative estimate of drug-likeness (QED) is 0.545.